The summed E-state index contributed by atoms with van der Waals surface area (Å²) in [7, 11) is 4.70. The molecule has 10 heteroatoms. The molecule has 29 heavy (non-hydrogen) atoms. The van der Waals surface area contributed by atoms with Crippen molar-refractivity contribution in [1.82, 2.24) is 15.2 Å². The maximum atomic E-state index is 12.8. The normalized spacial score (nSPS) is 19.2. The lowest BCUT2D eigenvalue weighted by molar-refractivity contribution is -0.537. The number of amidine groups is 1. The van der Waals surface area contributed by atoms with Crippen molar-refractivity contribution in [3.63, 3.8) is 0 Å². The zero-order valence-electron chi connectivity index (χ0n) is 16.8. The maximum absolute atomic E-state index is 12.8. The predicted octanol–water partition coefficient (Wildman–Crippen LogP) is 1.85. The summed E-state index contributed by atoms with van der Waals surface area (Å²) in [6, 6.07) is 4.57. The topological polar surface area (TPSA) is 89.6 Å². The average Bonchev–Trinajstić information content (AvgIpc) is 3.07. The van der Waals surface area contributed by atoms with Gasteiger partial charge in [0.2, 0.25) is 11.9 Å². The van der Waals surface area contributed by atoms with Gasteiger partial charge in [-0.2, -0.15) is 5.43 Å². The summed E-state index contributed by atoms with van der Waals surface area (Å²) in [6.45, 7) is 2.70. The van der Waals surface area contributed by atoms with Crippen molar-refractivity contribution >= 4 is 45.9 Å². The van der Waals surface area contributed by atoms with Gasteiger partial charge in [0.25, 0.3) is 5.91 Å². The van der Waals surface area contributed by atoms with Gasteiger partial charge in [0.1, 0.15) is 5.75 Å². The standard InChI is InChI=1S/C19H23BrN6O3/c1-5-6-9-26-15-16(24(2)19(28)25(3)17(15)27)22-18(26)23-21-11-12-10-13(20)7-8-14(12)29-4/h7-8,10-11,15H,5-6,9H2,1-4H3/p+1/b21-11+. The van der Waals surface area contributed by atoms with Crippen LogP contribution in [0.2, 0.25) is 0 Å². The summed E-state index contributed by atoms with van der Waals surface area (Å²) in [6.07, 6.45) is 3.46. The molecular formula is C19H24BrN6O3+. The summed E-state index contributed by atoms with van der Waals surface area (Å²) >= 11 is 3.43. The van der Waals surface area contributed by atoms with Crippen LogP contribution in [0.15, 0.2) is 32.8 Å². The van der Waals surface area contributed by atoms with E-state index in [2.05, 4.69) is 38.4 Å². The first-order valence-electron chi connectivity index (χ1n) is 9.29. The average molecular weight is 464 g/mol. The van der Waals surface area contributed by atoms with Crippen LogP contribution in [-0.4, -0.2) is 78.1 Å². The number of carbonyl (C=O) groups is 2. The van der Waals surface area contributed by atoms with E-state index in [0.717, 1.165) is 27.8 Å². The number of fused-ring (bicyclic) bond motifs is 1. The molecule has 0 aliphatic carbocycles. The van der Waals surface area contributed by atoms with Crippen LogP contribution < -0.4 is 10.2 Å². The number of urea groups is 1. The highest BCUT2D eigenvalue weighted by molar-refractivity contribution is 9.10. The van der Waals surface area contributed by atoms with Gasteiger partial charge in [-0.3, -0.25) is 14.6 Å². The lowest BCUT2D eigenvalue weighted by Crippen LogP contribution is -2.61. The quantitative estimate of drug-likeness (QED) is 0.396. The van der Waals surface area contributed by atoms with Gasteiger partial charge < -0.3 is 4.74 Å². The molecule has 2 aliphatic rings. The molecule has 1 N–H and O–H groups in total. The third kappa shape index (κ3) is 4.02. The number of imide groups is 1. The van der Waals surface area contributed by atoms with E-state index >= 15 is 0 Å². The number of amides is 3. The van der Waals surface area contributed by atoms with Crippen LogP contribution in [0, 0.1) is 0 Å². The third-order valence-corrected chi connectivity index (χ3v) is 5.34. The second-order valence-electron chi connectivity index (χ2n) is 6.74. The molecule has 9 nitrogen and oxygen atoms in total. The van der Waals surface area contributed by atoms with Crippen molar-refractivity contribution in [2.45, 2.75) is 25.8 Å². The van der Waals surface area contributed by atoms with Crippen LogP contribution in [0.25, 0.3) is 0 Å². The first-order valence-corrected chi connectivity index (χ1v) is 10.1. The number of benzene rings is 1. The van der Waals surface area contributed by atoms with Gasteiger partial charge in [0, 0.05) is 24.1 Å². The second-order valence-corrected chi connectivity index (χ2v) is 7.65. The third-order valence-electron chi connectivity index (χ3n) is 4.84. The SMILES string of the molecule is CCCC[N+]1=C(N/N=C/c2cc(Br)ccc2OC)N=C2C1C(=O)N(C)C(=O)N2C. The van der Waals surface area contributed by atoms with Crippen molar-refractivity contribution < 1.29 is 18.9 Å². The molecule has 1 atom stereocenters. The minimum atomic E-state index is -0.632. The zero-order chi connectivity index (χ0) is 21.1. The summed E-state index contributed by atoms with van der Waals surface area (Å²) in [5.41, 5.74) is 3.71. The van der Waals surface area contributed by atoms with Gasteiger partial charge in [-0.25, -0.2) is 9.37 Å². The molecule has 0 saturated carbocycles. The highest BCUT2D eigenvalue weighted by Gasteiger charge is 2.51. The Labute approximate surface area is 177 Å². The maximum Gasteiger partial charge on any atom is 0.413 e. The number of nitrogens with one attached hydrogen (secondary N) is 1. The van der Waals surface area contributed by atoms with E-state index in [1.54, 1.807) is 20.4 Å². The number of ether oxygens (including phenoxy) is 1. The Hall–Kier alpha value is -2.75. The van der Waals surface area contributed by atoms with Crippen molar-refractivity contribution in [3.05, 3.63) is 28.2 Å². The highest BCUT2D eigenvalue weighted by atomic mass is 79.9. The number of guanidine groups is 1. The van der Waals surface area contributed by atoms with Crippen LogP contribution in [-0.2, 0) is 4.79 Å². The second kappa shape index (κ2) is 8.73. The van der Waals surface area contributed by atoms with Crippen molar-refractivity contribution in [2.75, 3.05) is 27.7 Å². The number of aliphatic imine (C=N–C) groups is 1. The van der Waals surface area contributed by atoms with E-state index in [-0.39, 0.29) is 5.91 Å². The first-order chi connectivity index (χ1) is 13.9. The van der Waals surface area contributed by atoms with E-state index < -0.39 is 12.1 Å². The number of hydrazone groups is 1. The summed E-state index contributed by atoms with van der Waals surface area (Å²) in [5, 5.41) is 4.29. The first kappa shape index (κ1) is 21.0. The Morgan fingerprint density at radius 1 is 1.34 bits per heavy atom. The molecule has 1 fully saturated rings. The number of nitrogens with zero attached hydrogens (tertiary/aromatic N) is 5. The number of methoxy groups -OCH3 is 1. The van der Waals surface area contributed by atoms with Crippen LogP contribution in [0.4, 0.5) is 4.79 Å². The largest absolute Gasteiger partial charge is 0.496 e. The summed E-state index contributed by atoms with van der Waals surface area (Å²) < 4.78 is 8.11. The van der Waals surface area contributed by atoms with E-state index in [1.165, 1.54) is 11.9 Å². The molecule has 2 heterocycles. The van der Waals surface area contributed by atoms with Crippen molar-refractivity contribution in [3.8, 4) is 5.75 Å². The summed E-state index contributed by atoms with van der Waals surface area (Å²) in [4.78, 5) is 32.0. The van der Waals surface area contributed by atoms with Gasteiger partial charge in [-0.05, 0) is 24.6 Å². The fraction of sp³-hybridized carbons (Fsp3) is 0.421. The smallest absolute Gasteiger partial charge is 0.413 e. The lowest BCUT2D eigenvalue weighted by atomic mass is 10.1. The molecule has 3 rings (SSSR count). The zero-order valence-corrected chi connectivity index (χ0v) is 18.4. The summed E-state index contributed by atoms with van der Waals surface area (Å²) in [5.74, 6) is 1.23. The number of rotatable bonds is 6. The van der Waals surface area contributed by atoms with Gasteiger partial charge in [-0.15, -0.1) is 5.10 Å². The number of unbranched alkanes of at least 4 members (excludes halogenated alkanes) is 1. The van der Waals surface area contributed by atoms with E-state index in [9.17, 15) is 9.59 Å². The minimum absolute atomic E-state index is 0.294. The van der Waals surface area contributed by atoms with Gasteiger partial charge >= 0.3 is 12.0 Å². The Balaban J connectivity index is 1.90. The molecule has 1 unspecified atom stereocenters. The van der Waals surface area contributed by atoms with Crippen LogP contribution in [0.5, 0.6) is 5.75 Å². The minimum Gasteiger partial charge on any atom is -0.496 e. The molecule has 1 aromatic carbocycles. The Morgan fingerprint density at radius 2 is 2.10 bits per heavy atom. The molecule has 154 valence electrons. The van der Waals surface area contributed by atoms with Gasteiger partial charge in [0.05, 0.1) is 19.9 Å². The molecule has 1 aromatic rings. The van der Waals surface area contributed by atoms with Crippen LogP contribution in [0.1, 0.15) is 25.3 Å². The highest BCUT2D eigenvalue weighted by Crippen LogP contribution is 2.21. The number of hydrogen-bond donors (Lipinski definition) is 1. The predicted molar refractivity (Wildman–Crippen MR) is 114 cm³/mol. The van der Waals surface area contributed by atoms with Crippen LogP contribution >= 0.6 is 15.9 Å². The molecule has 1 saturated heterocycles. The lowest BCUT2D eigenvalue weighted by Gasteiger charge is -2.31. The monoisotopic (exact) mass is 463 g/mol. The molecule has 0 radical (unpaired) electrons. The van der Waals surface area contributed by atoms with Gasteiger partial charge in [-0.1, -0.05) is 34.3 Å². The van der Waals surface area contributed by atoms with Crippen LogP contribution in [0.3, 0.4) is 0 Å². The molecule has 0 spiro atoms. The fourth-order valence-electron chi connectivity index (χ4n) is 3.22. The van der Waals surface area contributed by atoms with Gasteiger partial charge in [0.15, 0.2) is 0 Å². The molecule has 0 aromatic heterocycles. The molecule has 2 aliphatic heterocycles. The Bertz CT molecular complexity index is 927. The van der Waals surface area contributed by atoms with Crippen molar-refractivity contribution in [1.29, 1.82) is 0 Å². The van der Waals surface area contributed by atoms with E-state index in [1.807, 2.05) is 22.8 Å². The Morgan fingerprint density at radius 3 is 2.79 bits per heavy atom. The molecular weight excluding hydrogens is 440 g/mol. The Kier molecular flexibility index (Phi) is 6.31. The van der Waals surface area contributed by atoms with Crippen molar-refractivity contribution in [2.24, 2.45) is 10.1 Å². The number of hydrogen-bond acceptors (Lipinski definition) is 6. The number of halogens is 1. The van der Waals surface area contributed by atoms with E-state index in [0.29, 0.717) is 24.1 Å². The molecule has 3 amide bonds. The fourth-order valence-corrected chi connectivity index (χ4v) is 3.60. The van der Waals surface area contributed by atoms with E-state index in [4.69, 9.17) is 4.74 Å². The number of likely N-dealkylation sites (N-methyl/N-ethyl adjacent to an activating group) is 2. The number of carbonyl (C=O) groups excluding carboxylic acids is 2. The molecule has 0 bridgehead atoms.